The number of carbonyl (C=O) groups excluding carboxylic acids is 1. The summed E-state index contributed by atoms with van der Waals surface area (Å²) in [6.07, 6.45) is 0. The van der Waals surface area contributed by atoms with Crippen LogP contribution < -0.4 is 16.3 Å². The molecule has 0 aliphatic heterocycles. The zero-order chi connectivity index (χ0) is 14.8. The fraction of sp³-hybridized carbons (Fsp3) is 0. The predicted octanol–water partition coefficient (Wildman–Crippen LogP) is 2.21. The predicted molar refractivity (Wildman–Crippen MR) is 79.7 cm³/mol. The van der Waals surface area contributed by atoms with Crippen LogP contribution in [0.2, 0.25) is 0 Å². The molecule has 7 heteroatoms. The van der Waals surface area contributed by atoms with E-state index in [0.717, 1.165) is 0 Å². The van der Waals surface area contributed by atoms with Crippen molar-refractivity contribution in [1.82, 2.24) is 9.97 Å². The molecule has 0 saturated heterocycles. The summed E-state index contributed by atoms with van der Waals surface area (Å²) >= 11 is 0. The molecule has 0 saturated carbocycles. The maximum Gasteiger partial charge on any atom is 0.323 e. The number of aromatic hydroxyl groups is 1. The minimum Gasteiger partial charge on any atom is -0.508 e. The highest BCUT2D eigenvalue weighted by Gasteiger charge is 2.05. The molecule has 1 heterocycles. The summed E-state index contributed by atoms with van der Waals surface area (Å²) in [5.41, 5.74) is 2.10. The van der Waals surface area contributed by atoms with Crippen molar-refractivity contribution in [3.8, 4) is 5.75 Å². The maximum atomic E-state index is 11.8. The average molecular weight is 284 g/mol. The van der Waals surface area contributed by atoms with E-state index >= 15 is 0 Å². The molecule has 0 aliphatic rings. The zero-order valence-corrected chi connectivity index (χ0v) is 10.8. The molecule has 0 atom stereocenters. The Morgan fingerprint density at radius 1 is 0.905 bits per heavy atom. The quantitative estimate of drug-likeness (QED) is 0.465. The summed E-state index contributed by atoms with van der Waals surface area (Å²) in [7, 11) is 0. The van der Waals surface area contributed by atoms with Crippen LogP contribution in [0.4, 0.5) is 16.2 Å². The topological polar surface area (TPSA) is 110 Å². The Hall–Kier alpha value is -3.22. The van der Waals surface area contributed by atoms with Gasteiger partial charge < -0.3 is 25.7 Å². The first-order valence-corrected chi connectivity index (χ1v) is 6.19. The molecule has 0 unspecified atom stereocenters. The second-order valence-electron chi connectivity index (χ2n) is 4.47. The number of aromatic amines is 2. The molecule has 2 aromatic carbocycles. The van der Waals surface area contributed by atoms with E-state index in [0.29, 0.717) is 22.4 Å². The second-order valence-corrected chi connectivity index (χ2v) is 4.47. The normalized spacial score (nSPS) is 10.5. The molecule has 5 N–H and O–H groups in total. The number of hydrogen-bond donors (Lipinski definition) is 5. The van der Waals surface area contributed by atoms with Gasteiger partial charge in [0.25, 0.3) is 0 Å². The third kappa shape index (κ3) is 2.86. The second kappa shape index (κ2) is 5.04. The summed E-state index contributed by atoms with van der Waals surface area (Å²) in [6.45, 7) is 0. The van der Waals surface area contributed by atoms with Gasteiger partial charge in [0, 0.05) is 11.4 Å². The molecule has 1 aromatic heterocycles. The highest BCUT2D eigenvalue weighted by molar-refractivity contribution is 6.00. The Bertz CT molecular complexity index is 849. The fourth-order valence-corrected chi connectivity index (χ4v) is 1.95. The molecule has 3 rings (SSSR count). The van der Waals surface area contributed by atoms with E-state index in [1.54, 1.807) is 30.3 Å². The van der Waals surface area contributed by atoms with Gasteiger partial charge in [-0.2, -0.15) is 0 Å². The lowest BCUT2D eigenvalue weighted by Crippen LogP contribution is -2.19. The number of imidazole rings is 1. The number of urea groups is 1. The van der Waals surface area contributed by atoms with E-state index in [9.17, 15) is 9.59 Å². The molecule has 106 valence electrons. The van der Waals surface area contributed by atoms with Crippen LogP contribution >= 0.6 is 0 Å². The number of H-pyrrole nitrogens is 2. The number of benzene rings is 2. The molecule has 0 bridgehead atoms. The number of phenols is 1. The van der Waals surface area contributed by atoms with Crippen molar-refractivity contribution in [3.05, 3.63) is 52.9 Å². The summed E-state index contributed by atoms with van der Waals surface area (Å²) < 4.78 is 0. The lowest BCUT2D eigenvalue weighted by atomic mass is 10.3. The van der Waals surface area contributed by atoms with Crippen LogP contribution in [0.25, 0.3) is 11.0 Å². The van der Waals surface area contributed by atoms with Gasteiger partial charge in [-0.25, -0.2) is 9.59 Å². The van der Waals surface area contributed by atoms with Gasteiger partial charge in [0.15, 0.2) is 0 Å². The Morgan fingerprint density at radius 2 is 1.52 bits per heavy atom. The summed E-state index contributed by atoms with van der Waals surface area (Å²) in [5, 5.41) is 14.5. The number of phenolic OH excluding ortho intramolecular Hbond substituents is 1. The van der Waals surface area contributed by atoms with Gasteiger partial charge in [-0.15, -0.1) is 0 Å². The van der Waals surface area contributed by atoms with E-state index in [-0.39, 0.29) is 11.4 Å². The molecular formula is C14H12N4O3. The summed E-state index contributed by atoms with van der Waals surface area (Å²) in [6, 6.07) is 10.7. The van der Waals surface area contributed by atoms with E-state index in [2.05, 4.69) is 20.6 Å². The molecule has 0 aliphatic carbocycles. The van der Waals surface area contributed by atoms with Crippen molar-refractivity contribution in [3.63, 3.8) is 0 Å². The van der Waals surface area contributed by atoms with Gasteiger partial charge in [-0.1, -0.05) is 0 Å². The number of aromatic nitrogens is 2. The smallest absolute Gasteiger partial charge is 0.323 e. The average Bonchev–Trinajstić information content (AvgIpc) is 2.80. The lowest BCUT2D eigenvalue weighted by Gasteiger charge is -2.07. The molecule has 21 heavy (non-hydrogen) atoms. The van der Waals surface area contributed by atoms with Gasteiger partial charge in [-0.05, 0) is 42.5 Å². The number of nitrogens with one attached hydrogen (secondary N) is 4. The summed E-state index contributed by atoms with van der Waals surface area (Å²) in [5.74, 6) is 0.128. The van der Waals surface area contributed by atoms with Crippen LogP contribution in [0, 0.1) is 0 Å². The van der Waals surface area contributed by atoms with Gasteiger partial charge >= 0.3 is 11.7 Å². The fourth-order valence-electron chi connectivity index (χ4n) is 1.95. The number of carbonyl (C=O) groups is 1. The van der Waals surface area contributed by atoms with Crippen molar-refractivity contribution in [2.45, 2.75) is 0 Å². The first kappa shape index (κ1) is 12.8. The lowest BCUT2D eigenvalue weighted by molar-refractivity contribution is 0.262. The molecule has 0 radical (unpaired) electrons. The monoisotopic (exact) mass is 284 g/mol. The standard InChI is InChI=1S/C14H12N4O3/c19-10-4-1-8(2-5-10)15-13(20)16-9-3-6-11-12(7-9)18-14(21)17-11/h1-7,19H,(H2,15,16,20)(H2,17,18,21). The van der Waals surface area contributed by atoms with Crippen molar-refractivity contribution in [2.75, 3.05) is 10.6 Å². The van der Waals surface area contributed by atoms with E-state index < -0.39 is 6.03 Å². The number of hydrogen-bond acceptors (Lipinski definition) is 3. The van der Waals surface area contributed by atoms with Gasteiger partial charge in [-0.3, -0.25) is 0 Å². The Kier molecular flexibility index (Phi) is 3.07. The highest BCUT2D eigenvalue weighted by Crippen LogP contribution is 2.16. The van der Waals surface area contributed by atoms with E-state index in [4.69, 9.17) is 5.11 Å². The number of amides is 2. The highest BCUT2D eigenvalue weighted by atomic mass is 16.3. The maximum absolute atomic E-state index is 11.8. The first-order chi connectivity index (χ1) is 10.1. The Morgan fingerprint density at radius 3 is 2.29 bits per heavy atom. The number of rotatable bonds is 2. The zero-order valence-electron chi connectivity index (χ0n) is 10.8. The van der Waals surface area contributed by atoms with Gasteiger partial charge in [0.1, 0.15) is 5.75 Å². The third-order valence-electron chi connectivity index (χ3n) is 2.90. The van der Waals surface area contributed by atoms with Gasteiger partial charge in [0.2, 0.25) is 0 Å². The van der Waals surface area contributed by atoms with Crippen LogP contribution in [0.1, 0.15) is 0 Å². The molecular weight excluding hydrogens is 272 g/mol. The largest absolute Gasteiger partial charge is 0.508 e. The van der Waals surface area contributed by atoms with E-state index in [1.807, 2.05) is 0 Å². The van der Waals surface area contributed by atoms with Crippen molar-refractivity contribution < 1.29 is 9.90 Å². The van der Waals surface area contributed by atoms with Crippen LogP contribution in [-0.4, -0.2) is 21.1 Å². The minimum atomic E-state index is -0.419. The van der Waals surface area contributed by atoms with Crippen molar-refractivity contribution in [1.29, 1.82) is 0 Å². The summed E-state index contributed by atoms with van der Waals surface area (Å²) in [4.78, 5) is 28.2. The molecule has 0 spiro atoms. The molecule has 0 fully saturated rings. The molecule has 3 aromatic rings. The van der Waals surface area contributed by atoms with Crippen molar-refractivity contribution >= 4 is 28.4 Å². The minimum absolute atomic E-state index is 0.128. The number of fused-ring (bicyclic) bond motifs is 1. The Balaban J connectivity index is 1.73. The van der Waals surface area contributed by atoms with Crippen LogP contribution in [0.15, 0.2) is 47.3 Å². The van der Waals surface area contributed by atoms with Crippen molar-refractivity contribution in [2.24, 2.45) is 0 Å². The van der Waals surface area contributed by atoms with Crippen LogP contribution in [-0.2, 0) is 0 Å². The SMILES string of the molecule is O=C(Nc1ccc(O)cc1)Nc1ccc2[nH]c(=O)[nH]c2c1. The number of anilines is 2. The molecule has 7 nitrogen and oxygen atoms in total. The Labute approximate surface area is 118 Å². The molecule has 2 amide bonds. The van der Waals surface area contributed by atoms with Crippen LogP contribution in [0.5, 0.6) is 5.75 Å². The third-order valence-corrected chi connectivity index (χ3v) is 2.90. The van der Waals surface area contributed by atoms with Gasteiger partial charge in [0.05, 0.1) is 11.0 Å². The first-order valence-electron chi connectivity index (χ1n) is 6.19. The van der Waals surface area contributed by atoms with E-state index in [1.165, 1.54) is 12.1 Å². The van der Waals surface area contributed by atoms with Crippen LogP contribution in [0.3, 0.4) is 0 Å².